The fraction of sp³-hybridized carbons (Fsp3) is 0.706. The maximum Gasteiger partial charge on any atom is 0.268 e. The zero-order valence-corrected chi connectivity index (χ0v) is 14.4. The van der Waals surface area contributed by atoms with Gasteiger partial charge in [-0.2, -0.15) is 0 Å². The maximum absolute atomic E-state index is 12.5. The first-order chi connectivity index (χ1) is 11.1. The van der Waals surface area contributed by atoms with Crippen LogP contribution in [0.1, 0.15) is 23.3 Å². The molecule has 3 heterocycles. The van der Waals surface area contributed by atoms with Gasteiger partial charge in [0, 0.05) is 45.5 Å². The van der Waals surface area contributed by atoms with Crippen LogP contribution in [-0.2, 0) is 11.8 Å². The van der Waals surface area contributed by atoms with Gasteiger partial charge in [-0.25, -0.2) is 0 Å². The molecule has 3 rings (SSSR count). The van der Waals surface area contributed by atoms with E-state index in [-0.39, 0.29) is 18.1 Å². The third-order valence-corrected chi connectivity index (χ3v) is 4.96. The number of hydrogen-bond acceptors (Lipinski definition) is 4. The van der Waals surface area contributed by atoms with Gasteiger partial charge in [-0.1, -0.05) is 0 Å². The van der Waals surface area contributed by atoms with Gasteiger partial charge in [0.15, 0.2) is 0 Å². The molecule has 3 atom stereocenters. The number of nitrogens with one attached hydrogen (secondary N) is 1. The average Bonchev–Trinajstić information content (AvgIpc) is 3.10. The lowest BCUT2D eigenvalue weighted by Gasteiger charge is -2.33. The Balaban J connectivity index is 1.66. The van der Waals surface area contributed by atoms with Gasteiger partial charge in [-0.15, -0.1) is 0 Å². The molecule has 1 amide bonds. The molecule has 2 aliphatic rings. The molecule has 0 unspecified atom stereocenters. The molecule has 0 bridgehead atoms. The van der Waals surface area contributed by atoms with Crippen molar-refractivity contribution in [1.82, 2.24) is 19.7 Å². The molecule has 2 saturated heterocycles. The van der Waals surface area contributed by atoms with E-state index in [2.05, 4.69) is 29.2 Å². The second-order valence-electron chi connectivity index (χ2n) is 6.93. The van der Waals surface area contributed by atoms with E-state index in [1.54, 1.807) is 0 Å². The quantitative estimate of drug-likeness (QED) is 0.861. The number of carbonyl (C=O) groups is 1. The summed E-state index contributed by atoms with van der Waals surface area (Å²) in [6.07, 6.45) is 4.29. The van der Waals surface area contributed by atoms with Crippen LogP contribution in [0.4, 0.5) is 0 Å². The number of nitrogens with zero attached hydrogens (tertiary/aromatic N) is 3. The van der Waals surface area contributed by atoms with Crippen LogP contribution in [0.2, 0.25) is 0 Å². The van der Waals surface area contributed by atoms with Crippen LogP contribution >= 0.6 is 0 Å². The van der Waals surface area contributed by atoms with Crippen molar-refractivity contribution in [3.8, 4) is 0 Å². The maximum atomic E-state index is 12.5. The number of carbonyl (C=O) groups excluding carboxylic acids is 1. The second kappa shape index (κ2) is 7.03. The zero-order valence-electron chi connectivity index (χ0n) is 14.4. The van der Waals surface area contributed by atoms with Gasteiger partial charge in [0.25, 0.3) is 5.91 Å². The van der Waals surface area contributed by atoms with E-state index in [9.17, 15) is 4.79 Å². The van der Waals surface area contributed by atoms with Gasteiger partial charge < -0.3 is 19.5 Å². The Labute approximate surface area is 138 Å². The van der Waals surface area contributed by atoms with Crippen LogP contribution in [0.3, 0.4) is 0 Å². The SMILES string of the molecule is CN(C)CCN1C[C@@H](NC(=O)c2cccn2C)[C@H]2OCCC[C@H]21. The summed E-state index contributed by atoms with van der Waals surface area (Å²) in [5.74, 6) is -0.00937. The first-order valence-electron chi connectivity index (χ1n) is 8.49. The monoisotopic (exact) mass is 320 g/mol. The van der Waals surface area contributed by atoms with E-state index >= 15 is 0 Å². The molecule has 6 nitrogen and oxygen atoms in total. The van der Waals surface area contributed by atoms with Crippen molar-refractivity contribution >= 4 is 5.91 Å². The van der Waals surface area contributed by atoms with E-state index < -0.39 is 0 Å². The van der Waals surface area contributed by atoms with E-state index in [4.69, 9.17) is 4.74 Å². The summed E-state index contributed by atoms with van der Waals surface area (Å²) in [7, 11) is 6.09. The summed E-state index contributed by atoms with van der Waals surface area (Å²) in [5.41, 5.74) is 0.698. The smallest absolute Gasteiger partial charge is 0.268 e. The number of rotatable bonds is 5. The zero-order chi connectivity index (χ0) is 16.4. The molecule has 2 fully saturated rings. The molecule has 1 aromatic heterocycles. The lowest BCUT2D eigenvalue weighted by Crippen LogP contribution is -2.48. The number of likely N-dealkylation sites (tertiary alicyclic amines) is 1. The predicted molar refractivity (Wildman–Crippen MR) is 89.6 cm³/mol. The first-order valence-corrected chi connectivity index (χ1v) is 8.49. The summed E-state index contributed by atoms with van der Waals surface area (Å²) in [4.78, 5) is 17.2. The number of hydrogen-bond donors (Lipinski definition) is 1. The van der Waals surface area contributed by atoms with Gasteiger partial charge in [0.2, 0.25) is 0 Å². The highest BCUT2D eigenvalue weighted by Gasteiger charge is 2.44. The molecule has 0 spiro atoms. The van der Waals surface area contributed by atoms with Crippen molar-refractivity contribution in [3.05, 3.63) is 24.0 Å². The Morgan fingerprint density at radius 2 is 2.30 bits per heavy atom. The van der Waals surface area contributed by atoms with Crippen molar-refractivity contribution in [3.63, 3.8) is 0 Å². The van der Waals surface area contributed by atoms with Gasteiger partial charge in [0.05, 0.1) is 12.1 Å². The minimum atomic E-state index is -0.00937. The van der Waals surface area contributed by atoms with Crippen molar-refractivity contribution in [2.24, 2.45) is 7.05 Å². The molecule has 128 valence electrons. The van der Waals surface area contributed by atoms with Gasteiger partial charge in [-0.05, 0) is 39.1 Å². The molecule has 0 radical (unpaired) electrons. The Morgan fingerprint density at radius 1 is 1.48 bits per heavy atom. The molecule has 1 N–H and O–H groups in total. The molecule has 0 aromatic carbocycles. The number of aryl methyl sites for hydroxylation is 1. The number of aromatic nitrogens is 1. The average molecular weight is 320 g/mol. The Morgan fingerprint density at radius 3 is 3.00 bits per heavy atom. The standard InChI is InChI=1S/C17H28N4O2/c1-19(2)9-10-21-12-13(16-14(21)7-5-11-23-16)18-17(22)15-6-4-8-20(15)3/h4,6,8,13-14,16H,5,7,9-12H2,1-3H3,(H,18,22)/t13-,14-,16-/m1/s1. The molecule has 0 aliphatic carbocycles. The van der Waals surface area contributed by atoms with E-state index in [0.29, 0.717) is 11.7 Å². The number of fused-ring (bicyclic) bond motifs is 1. The van der Waals surface area contributed by atoms with Crippen LogP contribution in [0.5, 0.6) is 0 Å². The van der Waals surface area contributed by atoms with Crippen LogP contribution in [0.15, 0.2) is 18.3 Å². The highest BCUT2D eigenvalue weighted by atomic mass is 16.5. The van der Waals surface area contributed by atoms with E-state index in [1.807, 2.05) is 29.9 Å². The first kappa shape index (κ1) is 16.5. The van der Waals surface area contributed by atoms with Crippen LogP contribution < -0.4 is 5.32 Å². The molecule has 2 aliphatic heterocycles. The molecule has 1 aromatic rings. The topological polar surface area (TPSA) is 49.7 Å². The summed E-state index contributed by atoms with van der Waals surface area (Å²) >= 11 is 0. The van der Waals surface area contributed by atoms with Crippen LogP contribution in [0.25, 0.3) is 0 Å². The second-order valence-corrected chi connectivity index (χ2v) is 6.93. The number of likely N-dealkylation sites (N-methyl/N-ethyl adjacent to an activating group) is 1. The van der Waals surface area contributed by atoms with Gasteiger partial charge in [-0.3, -0.25) is 9.69 Å². The molecular formula is C17H28N4O2. The summed E-state index contributed by atoms with van der Waals surface area (Å²) in [5, 5.41) is 3.20. The summed E-state index contributed by atoms with van der Waals surface area (Å²) < 4.78 is 7.88. The highest BCUT2D eigenvalue weighted by Crippen LogP contribution is 2.29. The third kappa shape index (κ3) is 3.59. The normalized spacial score (nSPS) is 28.1. The van der Waals surface area contributed by atoms with Crippen molar-refractivity contribution in [2.75, 3.05) is 40.3 Å². The molecular weight excluding hydrogens is 292 g/mol. The van der Waals surface area contributed by atoms with E-state index in [1.165, 1.54) is 0 Å². The van der Waals surface area contributed by atoms with Crippen molar-refractivity contribution < 1.29 is 9.53 Å². The minimum absolute atomic E-state index is 0.00937. The van der Waals surface area contributed by atoms with Crippen molar-refractivity contribution in [1.29, 1.82) is 0 Å². The number of ether oxygens (including phenoxy) is 1. The summed E-state index contributed by atoms with van der Waals surface area (Å²) in [6, 6.07) is 4.26. The fourth-order valence-corrected chi connectivity index (χ4v) is 3.71. The Bertz CT molecular complexity index is 542. The lowest BCUT2D eigenvalue weighted by molar-refractivity contribution is -0.0205. The summed E-state index contributed by atoms with van der Waals surface area (Å²) in [6.45, 7) is 3.73. The molecule has 0 saturated carbocycles. The third-order valence-electron chi connectivity index (χ3n) is 4.96. The molecule has 6 heteroatoms. The van der Waals surface area contributed by atoms with E-state index in [0.717, 1.165) is 39.1 Å². The minimum Gasteiger partial charge on any atom is -0.374 e. The highest BCUT2D eigenvalue weighted by molar-refractivity contribution is 5.93. The Kier molecular flexibility index (Phi) is 5.04. The number of amides is 1. The van der Waals surface area contributed by atoms with Crippen LogP contribution in [-0.4, -0.2) is 78.8 Å². The largest absolute Gasteiger partial charge is 0.374 e. The van der Waals surface area contributed by atoms with Gasteiger partial charge in [0.1, 0.15) is 5.69 Å². The predicted octanol–water partition coefficient (Wildman–Crippen LogP) is 0.548. The van der Waals surface area contributed by atoms with Crippen molar-refractivity contribution in [2.45, 2.75) is 31.0 Å². The molecule has 23 heavy (non-hydrogen) atoms. The lowest BCUT2D eigenvalue weighted by atomic mass is 10.0. The fourth-order valence-electron chi connectivity index (χ4n) is 3.71. The van der Waals surface area contributed by atoms with Gasteiger partial charge >= 0.3 is 0 Å². The Hall–Kier alpha value is -1.37. The van der Waals surface area contributed by atoms with Crippen LogP contribution in [0, 0.1) is 0 Å².